The van der Waals surface area contributed by atoms with E-state index in [0.717, 1.165) is 12.3 Å². The lowest BCUT2D eigenvalue weighted by Gasteiger charge is -2.16. The summed E-state index contributed by atoms with van der Waals surface area (Å²) in [4.78, 5) is 11.1. The molecule has 1 amide bonds. The van der Waals surface area contributed by atoms with Crippen molar-refractivity contribution >= 4 is 5.91 Å². The maximum Gasteiger partial charge on any atom is 0.217 e. The van der Waals surface area contributed by atoms with Crippen LogP contribution in [0.4, 0.5) is 0 Å². The molecule has 2 nitrogen and oxygen atoms in total. The van der Waals surface area contributed by atoms with E-state index in [9.17, 15) is 4.79 Å². The second-order valence-electron chi connectivity index (χ2n) is 7.69. The molecule has 0 saturated carbocycles. The van der Waals surface area contributed by atoms with Gasteiger partial charge in [0.25, 0.3) is 0 Å². The van der Waals surface area contributed by atoms with E-state index in [1.165, 1.54) is 103 Å². The van der Waals surface area contributed by atoms with E-state index < -0.39 is 0 Å². The molecule has 144 valence electrons. The molecule has 0 bridgehead atoms. The van der Waals surface area contributed by atoms with Crippen LogP contribution in [-0.4, -0.2) is 5.91 Å². The Morgan fingerprint density at radius 1 is 0.625 bits per heavy atom. The van der Waals surface area contributed by atoms with E-state index in [0.29, 0.717) is 6.42 Å². The van der Waals surface area contributed by atoms with Crippen molar-refractivity contribution < 1.29 is 4.79 Å². The Kier molecular flexibility index (Phi) is 18.4. The number of hydrogen-bond donors (Lipinski definition) is 1. The largest absolute Gasteiger partial charge is 0.370 e. The minimum atomic E-state index is -0.126. The summed E-state index contributed by atoms with van der Waals surface area (Å²) in [6.45, 7) is 4.54. The average molecular weight is 340 g/mol. The van der Waals surface area contributed by atoms with Gasteiger partial charge in [0.1, 0.15) is 0 Å². The van der Waals surface area contributed by atoms with Gasteiger partial charge < -0.3 is 5.73 Å². The number of rotatable bonds is 19. The third kappa shape index (κ3) is 17.8. The number of primary amides is 1. The minimum Gasteiger partial charge on any atom is -0.370 e. The standard InChI is InChI=1S/C22H45NO/c1-3-5-7-9-11-13-15-17-21(19-20-22(23)24)18-16-14-12-10-8-6-4-2/h21H,3-20H2,1-2H3,(H2,23,24). The lowest BCUT2D eigenvalue weighted by Crippen LogP contribution is -2.13. The molecular weight excluding hydrogens is 294 g/mol. The van der Waals surface area contributed by atoms with E-state index in [4.69, 9.17) is 5.73 Å². The number of hydrogen-bond acceptors (Lipinski definition) is 1. The molecule has 0 saturated heterocycles. The molecule has 0 unspecified atom stereocenters. The summed E-state index contributed by atoms with van der Waals surface area (Å²) in [6.07, 6.45) is 23.4. The second-order valence-corrected chi connectivity index (χ2v) is 7.69. The van der Waals surface area contributed by atoms with Crippen LogP contribution in [0.25, 0.3) is 0 Å². The predicted molar refractivity (Wildman–Crippen MR) is 107 cm³/mol. The Labute approximate surface area is 152 Å². The van der Waals surface area contributed by atoms with E-state index in [1.54, 1.807) is 0 Å². The molecule has 0 aromatic carbocycles. The van der Waals surface area contributed by atoms with E-state index in [1.807, 2.05) is 0 Å². The van der Waals surface area contributed by atoms with Gasteiger partial charge in [-0.1, -0.05) is 117 Å². The smallest absolute Gasteiger partial charge is 0.217 e. The fourth-order valence-electron chi connectivity index (χ4n) is 3.56. The Hall–Kier alpha value is -0.530. The van der Waals surface area contributed by atoms with Crippen molar-refractivity contribution in [1.29, 1.82) is 0 Å². The van der Waals surface area contributed by atoms with Gasteiger partial charge in [0.2, 0.25) is 5.91 Å². The highest BCUT2D eigenvalue weighted by atomic mass is 16.1. The number of carbonyl (C=O) groups is 1. The summed E-state index contributed by atoms with van der Waals surface area (Å²) in [5.41, 5.74) is 5.35. The van der Waals surface area contributed by atoms with Crippen LogP contribution in [0.5, 0.6) is 0 Å². The highest BCUT2D eigenvalue weighted by Gasteiger charge is 2.10. The van der Waals surface area contributed by atoms with Gasteiger partial charge in [-0.05, 0) is 12.3 Å². The summed E-state index contributed by atoms with van der Waals surface area (Å²) >= 11 is 0. The van der Waals surface area contributed by atoms with Crippen molar-refractivity contribution in [2.24, 2.45) is 11.7 Å². The Bertz CT molecular complexity index is 247. The first kappa shape index (κ1) is 23.5. The van der Waals surface area contributed by atoms with Gasteiger partial charge in [0.15, 0.2) is 0 Å². The summed E-state index contributed by atoms with van der Waals surface area (Å²) in [5, 5.41) is 0. The normalized spacial score (nSPS) is 11.3. The van der Waals surface area contributed by atoms with Crippen molar-refractivity contribution in [2.75, 3.05) is 0 Å². The van der Waals surface area contributed by atoms with Gasteiger partial charge in [-0.25, -0.2) is 0 Å². The number of nitrogens with two attached hydrogens (primary N) is 1. The maximum atomic E-state index is 11.1. The SMILES string of the molecule is CCCCCCCCCC(CCCCCCCCC)CCC(N)=O. The van der Waals surface area contributed by atoms with Crippen LogP contribution in [0.3, 0.4) is 0 Å². The van der Waals surface area contributed by atoms with Crippen LogP contribution in [0.15, 0.2) is 0 Å². The van der Waals surface area contributed by atoms with Crippen LogP contribution in [-0.2, 0) is 4.79 Å². The molecule has 2 N–H and O–H groups in total. The first-order valence-corrected chi connectivity index (χ1v) is 11.0. The molecule has 0 radical (unpaired) electrons. The quantitative estimate of drug-likeness (QED) is 0.249. The summed E-state index contributed by atoms with van der Waals surface area (Å²) in [6, 6.07) is 0. The van der Waals surface area contributed by atoms with Crippen LogP contribution < -0.4 is 5.73 Å². The van der Waals surface area contributed by atoms with Gasteiger partial charge >= 0.3 is 0 Å². The number of carbonyl (C=O) groups excluding carboxylic acids is 1. The van der Waals surface area contributed by atoms with Crippen molar-refractivity contribution in [1.82, 2.24) is 0 Å². The molecule has 0 aliphatic heterocycles. The summed E-state index contributed by atoms with van der Waals surface area (Å²) < 4.78 is 0. The van der Waals surface area contributed by atoms with Gasteiger partial charge in [0, 0.05) is 6.42 Å². The summed E-state index contributed by atoms with van der Waals surface area (Å²) in [5.74, 6) is 0.600. The van der Waals surface area contributed by atoms with Crippen molar-refractivity contribution in [3.8, 4) is 0 Å². The second kappa shape index (κ2) is 18.8. The Balaban J connectivity index is 3.70. The molecule has 0 aromatic rings. The zero-order chi connectivity index (χ0) is 17.9. The molecule has 0 aromatic heterocycles. The fraction of sp³-hybridized carbons (Fsp3) is 0.955. The van der Waals surface area contributed by atoms with Gasteiger partial charge in [-0.2, -0.15) is 0 Å². The molecular formula is C22H45NO. The van der Waals surface area contributed by atoms with Crippen LogP contribution in [0.2, 0.25) is 0 Å². The number of unbranched alkanes of at least 4 members (excludes halogenated alkanes) is 12. The molecule has 0 rings (SSSR count). The lowest BCUT2D eigenvalue weighted by molar-refractivity contribution is -0.118. The fourth-order valence-corrected chi connectivity index (χ4v) is 3.56. The van der Waals surface area contributed by atoms with Crippen LogP contribution in [0, 0.1) is 5.92 Å². The molecule has 0 aliphatic carbocycles. The zero-order valence-corrected chi connectivity index (χ0v) is 16.8. The average Bonchev–Trinajstić information content (AvgIpc) is 2.57. The van der Waals surface area contributed by atoms with Gasteiger partial charge in [-0.15, -0.1) is 0 Å². The third-order valence-electron chi connectivity index (χ3n) is 5.23. The maximum absolute atomic E-state index is 11.1. The topological polar surface area (TPSA) is 43.1 Å². The van der Waals surface area contributed by atoms with Gasteiger partial charge in [-0.3, -0.25) is 4.79 Å². The first-order valence-electron chi connectivity index (χ1n) is 11.0. The highest BCUT2D eigenvalue weighted by molar-refractivity contribution is 5.73. The molecule has 0 spiro atoms. The molecule has 0 heterocycles. The highest BCUT2D eigenvalue weighted by Crippen LogP contribution is 2.23. The van der Waals surface area contributed by atoms with E-state index in [-0.39, 0.29) is 5.91 Å². The Morgan fingerprint density at radius 3 is 1.38 bits per heavy atom. The lowest BCUT2D eigenvalue weighted by atomic mass is 9.90. The van der Waals surface area contributed by atoms with E-state index >= 15 is 0 Å². The van der Waals surface area contributed by atoms with Crippen LogP contribution in [0.1, 0.15) is 129 Å². The summed E-state index contributed by atoms with van der Waals surface area (Å²) in [7, 11) is 0. The van der Waals surface area contributed by atoms with Crippen LogP contribution >= 0.6 is 0 Å². The first-order chi connectivity index (χ1) is 11.7. The predicted octanol–water partition coefficient (Wildman–Crippen LogP) is 7.15. The van der Waals surface area contributed by atoms with E-state index in [2.05, 4.69) is 13.8 Å². The molecule has 0 atom stereocenters. The number of amides is 1. The monoisotopic (exact) mass is 339 g/mol. The van der Waals surface area contributed by atoms with Gasteiger partial charge in [0.05, 0.1) is 0 Å². The molecule has 0 fully saturated rings. The van der Waals surface area contributed by atoms with Crippen molar-refractivity contribution in [3.05, 3.63) is 0 Å². The third-order valence-corrected chi connectivity index (χ3v) is 5.23. The Morgan fingerprint density at radius 2 is 1.00 bits per heavy atom. The molecule has 0 aliphatic rings. The zero-order valence-electron chi connectivity index (χ0n) is 16.8. The molecule has 24 heavy (non-hydrogen) atoms. The van der Waals surface area contributed by atoms with Crippen molar-refractivity contribution in [3.63, 3.8) is 0 Å². The molecule has 2 heteroatoms. The minimum absolute atomic E-state index is 0.126. The van der Waals surface area contributed by atoms with Crippen molar-refractivity contribution in [2.45, 2.75) is 129 Å².